The van der Waals surface area contributed by atoms with Crippen LogP contribution in [-0.4, -0.2) is 50.7 Å². The summed E-state index contributed by atoms with van der Waals surface area (Å²) in [5.41, 5.74) is -0.516. The number of aliphatic hydroxyl groups is 1. The maximum absolute atomic E-state index is 12.1. The fourth-order valence-electron chi connectivity index (χ4n) is 2.17. The molecule has 1 aromatic rings. The number of rotatable bonds is 1. The highest BCUT2D eigenvalue weighted by Crippen LogP contribution is 2.24. The Morgan fingerprint density at radius 2 is 2.25 bits per heavy atom. The first-order valence-corrected chi connectivity index (χ1v) is 7.41. The van der Waals surface area contributed by atoms with Crippen LogP contribution in [0.1, 0.15) is 33.2 Å². The van der Waals surface area contributed by atoms with E-state index in [2.05, 4.69) is 21.0 Å². The Kier molecular flexibility index (Phi) is 4.39. The van der Waals surface area contributed by atoms with Gasteiger partial charge < -0.3 is 14.7 Å². The number of aromatic nitrogens is 2. The van der Waals surface area contributed by atoms with Gasteiger partial charge in [0.1, 0.15) is 5.60 Å². The molecule has 2 heterocycles. The first kappa shape index (κ1) is 15.3. The van der Waals surface area contributed by atoms with E-state index < -0.39 is 11.7 Å². The second-order valence-corrected chi connectivity index (χ2v) is 6.90. The molecule has 0 spiro atoms. The van der Waals surface area contributed by atoms with Crippen molar-refractivity contribution in [3.8, 4) is 0 Å². The van der Waals surface area contributed by atoms with Crippen LogP contribution in [0, 0.1) is 0 Å². The summed E-state index contributed by atoms with van der Waals surface area (Å²) in [4.78, 5) is 13.7. The van der Waals surface area contributed by atoms with E-state index in [0.29, 0.717) is 19.5 Å². The van der Waals surface area contributed by atoms with Gasteiger partial charge in [0.2, 0.25) is 0 Å². The molecule has 0 saturated carbocycles. The third-order valence-corrected chi connectivity index (χ3v) is 3.52. The van der Waals surface area contributed by atoms with E-state index in [1.54, 1.807) is 22.0 Å². The number of hydrogen-bond acceptors (Lipinski definition) is 4. The Morgan fingerprint density at radius 1 is 1.55 bits per heavy atom. The van der Waals surface area contributed by atoms with E-state index in [1.807, 2.05) is 20.8 Å². The van der Waals surface area contributed by atoms with Crippen molar-refractivity contribution in [2.75, 3.05) is 13.1 Å². The van der Waals surface area contributed by atoms with Crippen LogP contribution in [0.3, 0.4) is 0 Å². The van der Waals surface area contributed by atoms with Crippen molar-refractivity contribution in [3.63, 3.8) is 0 Å². The van der Waals surface area contributed by atoms with Crippen LogP contribution in [0.2, 0.25) is 0 Å². The molecule has 1 saturated heterocycles. The fraction of sp³-hybridized carbons (Fsp3) is 0.692. The van der Waals surface area contributed by atoms with Crippen molar-refractivity contribution in [2.24, 2.45) is 0 Å². The molecule has 1 aromatic heterocycles. The number of aliphatic hydroxyl groups excluding tert-OH is 1. The largest absolute Gasteiger partial charge is 0.444 e. The summed E-state index contributed by atoms with van der Waals surface area (Å²) < 4.78 is 7.90. The topological polar surface area (TPSA) is 67.6 Å². The number of ether oxygens (including phenoxy) is 1. The third kappa shape index (κ3) is 3.73. The van der Waals surface area contributed by atoms with E-state index in [4.69, 9.17) is 4.74 Å². The van der Waals surface area contributed by atoms with Crippen LogP contribution in [0.25, 0.3) is 0 Å². The number of halogens is 1. The Labute approximate surface area is 126 Å². The highest BCUT2D eigenvalue weighted by Gasteiger charge is 2.33. The van der Waals surface area contributed by atoms with Gasteiger partial charge >= 0.3 is 6.09 Å². The predicted octanol–water partition coefficient (Wildman–Crippen LogP) is 2.19. The van der Waals surface area contributed by atoms with Gasteiger partial charge in [-0.05, 0) is 43.1 Å². The Balaban J connectivity index is 2.06. The van der Waals surface area contributed by atoms with Crippen LogP contribution in [0.5, 0.6) is 0 Å². The third-order valence-electron chi connectivity index (χ3n) is 3.11. The molecule has 1 fully saturated rings. The van der Waals surface area contributed by atoms with E-state index in [-0.39, 0.29) is 12.1 Å². The van der Waals surface area contributed by atoms with Gasteiger partial charge in [-0.2, -0.15) is 5.10 Å². The minimum absolute atomic E-state index is 0.248. The summed E-state index contributed by atoms with van der Waals surface area (Å²) in [6.07, 6.45) is 3.12. The van der Waals surface area contributed by atoms with E-state index in [1.165, 1.54) is 0 Å². The molecule has 20 heavy (non-hydrogen) atoms. The minimum atomic E-state index is -0.516. The second kappa shape index (κ2) is 5.73. The SMILES string of the molecule is CC(C)(C)OC(=O)N1CCC(O)C(n2cc(Br)cn2)C1. The molecule has 0 aromatic carbocycles. The fourth-order valence-corrected chi connectivity index (χ4v) is 2.47. The highest BCUT2D eigenvalue weighted by molar-refractivity contribution is 9.10. The van der Waals surface area contributed by atoms with Gasteiger partial charge in [-0.15, -0.1) is 0 Å². The molecule has 2 rings (SSSR count). The monoisotopic (exact) mass is 345 g/mol. The maximum Gasteiger partial charge on any atom is 0.410 e. The number of carbonyl (C=O) groups is 1. The molecular weight excluding hydrogens is 326 g/mol. The lowest BCUT2D eigenvalue weighted by Gasteiger charge is -2.36. The number of likely N-dealkylation sites (tertiary alicyclic amines) is 1. The van der Waals surface area contributed by atoms with Crippen LogP contribution in [0.15, 0.2) is 16.9 Å². The van der Waals surface area contributed by atoms with Crippen molar-refractivity contribution in [1.29, 1.82) is 0 Å². The number of amides is 1. The Morgan fingerprint density at radius 3 is 2.80 bits per heavy atom. The predicted molar refractivity (Wildman–Crippen MR) is 77.4 cm³/mol. The Hall–Kier alpha value is -1.08. The molecule has 0 radical (unpaired) electrons. The lowest BCUT2D eigenvalue weighted by molar-refractivity contribution is -0.00747. The summed E-state index contributed by atoms with van der Waals surface area (Å²) in [5, 5.41) is 14.3. The number of carbonyl (C=O) groups excluding carboxylic acids is 1. The normalized spacial score (nSPS) is 23.8. The first-order valence-electron chi connectivity index (χ1n) is 6.62. The first-order chi connectivity index (χ1) is 9.26. The molecule has 1 amide bonds. The maximum atomic E-state index is 12.1. The van der Waals surface area contributed by atoms with E-state index >= 15 is 0 Å². The Bertz CT molecular complexity index is 483. The van der Waals surface area contributed by atoms with Gasteiger partial charge in [0.15, 0.2) is 0 Å². The van der Waals surface area contributed by atoms with Crippen molar-refractivity contribution >= 4 is 22.0 Å². The molecule has 112 valence electrons. The molecule has 7 heteroatoms. The highest BCUT2D eigenvalue weighted by atomic mass is 79.9. The molecule has 0 aliphatic carbocycles. The quantitative estimate of drug-likeness (QED) is 0.847. The molecule has 2 atom stereocenters. The molecule has 1 aliphatic heterocycles. The molecule has 1 N–H and O–H groups in total. The van der Waals surface area contributed by atoms with E-state index in [0.717, 1.165) is 4.47 Å². The molecule has 2 unspecified atom stereocenters. The molecule has 0 bridgehead atoms. The zero-order chi connectivity index (χ0) is 14.9. The van der Waals surface area contributed by atoms with Crippen molar-refractivity contribution < 1.29 is 14.6 Å². The summed E-state index contributed by atoms with van der Waals surface area (Å²) in [6.45, 7) is 6.41. The number of nitrogens with zero attached hydrogens (tertiary/aromatic N) is 3. The number of piperidine rings is 1. The van der Waals surface area contributed by atoms with Gasteiger partial charge in [-0.3, -0.25) is 4.68 Å². The molecule has 1 aliphatic rings. The van der Waals surface area contributed by atoms with Crippen molar-refractivity contribution in [1.82, 2.24) is 14.7 Å². The van der Waals surface area contributed by atoms with Crippen LogP contribution >= 0.6 is 15.9 Å². The van der Waals surface area contributed by atoms with Gasteiger partial charge in [0.25, 0.3) is 0 Å². The number of hydrogen-bond donors (Lipinski definition) is 1. The summed E-state index contributed by atoms with van der Waals surface area (Å²) in [7, 11) is 0. The van der Waals surface area contributed by atoms with Gasteiger partial charge in [0, 0.05) is 19.3 Å². The zero-order valence-electron chi connectivity index (χ0n) is 11.9. The van der Waals surface area contributed by atoms with Crippen LogP contribution in [-0.2, 0) is 4.74 Å². The summed E-state index contributed by atoms with van der Waals surface area (Å²) in [5.74, 6) is 0. The van der Waals surface area contributed by atoms with Crippen molar-refractivity contribution in [2.45, 2.75) is 44.9 Å². The zero-order valence-corrected chi connectivity index (χ0v) is 13.5. The standard InChI is InChI=1S/C13H20BrN3O3/c1-13(2,3)20-12(19)16-5-4-11(18)10(8-16)17-7-9(14)6-15-17/h6-7,10-11,18H,4-5,8H2,1-3H3. The lowest BCUT2D eigenvalue weighted by Crippen LogP contribution is -2.48. The summed E-state index contributed by atoms with van der Waals surface area (Å²) >= 11 is 3.33. The molecular formula is C13H20BrN3O3. The average Bonchev–Trinajstić information content (AvgIpc) is 2.74. The van der Waals surface area contributed by atoms with Gasteiger partial charge in [-0.25, -0.2) is 4.79 Å². The van der Waals surface area contributed by atoms with Gasteiger partial charge in [0.05, 0.1) is 22.8 Å². The van der Waals surface area contributed by atoms with Crippen LogP contribution in [0.4, 0.5) is 4.79 Å². The van der Waals surface area contributed by atoms with Crippen molar-refractivity contribution in [3.05, 3.63) is 16.9 Å². The average molecular weight is 346 g/mol. The summed E-state index contributed by atoms with van der Waals surface area (Å²) in [6, 6.07) is -0.248. The lowest BCUT2D eigenvalue weighted by atomic mass is 10.0. The van der Waals surface area contributed by atoms with Crippen LogP contribution < -0.4 is 0 Å². The van der Waals surface area contributed by atoms with Gasteiger partial charge in [-0.1, -0.05) is 0 Å². The van der Waals surface area contributed by atoms with E-state index in [9.17, 15) is 9.90 Å². The smallest absolute Gasteiger partial charge is 0.410 e. The molecule has 6 nitrogen and oxygen atoms in total. The second-order valence-electron chi connectivity index (χ2n) is 5.99. The minimum Gasteiger partial charge on any atom is -0.444 e.